The van der Waals surface area contributed by atoms with Gasteiger partial charge in [-0.25, -0.2) is 4.98 Å². The minimum Gasteiger partial charge on any atom is -0.375 e. The van der Waals surface area contributed by atoms with Crippen molar-refractivity contribution in [3.63, 3.8) is 0 Å². The molecule has 1 aliphatic rings. The molecule has 0 spiro atoms. The molecular formula is C9H13N3S. The second-order valence-corrected chi connectivity index (χ2v) is 4.05. The third-order valence-electron chi connectivity index (χ3n) is 2.15. The topological polar surface area (TPSA) is 42.1 Å². The van der Waals surface area contributed by atoms with Crippen molar-refractivity contribution in [3.05, 3.63) is 23.2 Å². The van der Waals surface area contributed by atoms with Gasteiger partial charge in [-0.05, 0) is 0 Å². The second-order valence-electron chi connectivity index (χ2n) is 3.16. The summed E-state index contributed by atoms with van der Waals surface area (Å²) in [5.41, 5.74) is 6.66. The largest absolute Gasteiger partial charge is 0.375 e. The molecule has 2 rings (SSSR count). The average molecular weight is 195 g/mol. The van der Waals surface area contributed by atoms with Crippen LogP contribution in [0.25, 0.3) is 0 Å². The van der Waals surface area contributed by atoms with Gasteiger partial charge in [-0.15, -0.1) is 11.3 Å². The van der Waals surface area contributed by atoms with Crippen LogP contribution in [0.5, 0.6) is 0 Å². The van der Waals surface area contributed by atoms with Crippen LogP contribution in [0.3, 0.4) is 0 Å². The molecule has 0 radical (unpaired) electrons. The third-order valence-corrected chi connectivity index (χ3v) is 2.87. The smallest absolute Gasteiger partial charge is 0.180 e. The predicted molar refractivity (Wildman–Crippen MR) is 55.8 cm³/mol. The zero-order chi connectivity index (χ0) is 9.10. The van der Waals surface area contributed by atoms with Crippen LogP contribution in [0.4, 0.5) is 5.13 Å². The fourth-order valence-corrected chi connectivity index (χ4v) is 2.01. The van der Waals surface area contributed by atoms with Crippen molar-refractivity contribution in [1.29, 1.82) is 0 Å². The van der Waals surface area contributed by atoms with Crippen LogP contribution in [0.15, 0.2) is 17.5 Å². The van der Waals surface area contributed by atoms with E-state index in [1.807, 2.05) is 5.38 Å². The minimum absolute atomic E-state index is 0.676. The van der Waals surface area contributed by atoms with Gasteiger partial charge in [-0.2, -0.15) is 0 Å². The average Bonchev–Trinajstić information content (AvgIpc) is 2.71. The molecule has 0 bridgehead atoms. The van der Waals surface area contributed by atoms with Crippen LogP contribution in [0, 0.1) is 0 Å². The molecule has 0 saturated carbocycles. The first kappa shape index (κ1) is 8.72. The van der Waals surface area contributed by atoms with E-state index >= 15 is 0 Å². The lowest BCUT2D eigenvalue weighted by atomic mass is 10.3. The molecule has 0 aliphatic carbocycles. The van der Waals surface area contributed by atoms with Crippen molar-refractivity contribution >= 4 is 16.5 Å². The molecule has 2 N–H and O–H groups in total. The summed E-state index contributed by atoms with van der Waals surface area (Å²) < 4.78 is 0. The Bertz CT molecular complexity index is 298. The Morgan fingerprint density at radius 1 is 1.46 bits per heavy atom. The first-order valence-electron chi connectivity index (χ1n) is 4.42. The van der Waals surface area contributed by atoms with Gasteiger partial charge in [0.15, 0.2) is 5.13 Å². The Labute approximate surface area is 81.9 Å². The molecule has 70 valence electrons. The first-order valence-corrected chi connectivity index (χ1v) is 5.30. The van der Waals surface area contributed by atoms with Gasteiger partial charge in [0.1, 0.15) is 0 Å². The summed E-state index contributed by atoms with van der Waals surface area (Å²) in [6, 6.07) is 0. The van der Waals surface area contributed by atoms with E-state index in [1.165, 1.54) is 11.3 Å². The van der Waals surface area contributed by atoms with E-state index in [-0.39, 0.29) is 0 Å². The summed E-state index contributed by atoms with van der Waals surface area (Å²) in [5, 5.41) is 2.72. The Morgan fingerprint density at radius 3 is 2.85 bits per heavy atom. The highest BCUT2D eigenvalue weighted by Gasteiger charge is 2.06. The molecule has 1 aromatic heterocycles. The molecule has 1 aliphatic heterocycles. The Morgan fingerprint density at radius 2 is 2.23 bits per heavy atom. The number of thiazole rings is 1. The summed E-state index contributed by atoms with van der Waals surface area (Å²) in [6.07, 6.45) is 5.42. The molecule has 3 nitrogen and oxygen atoms in total. The van der Waals surface area contributed by atoms with Crippen molar-refractivity contribution in [2.75, 3.05) is 25.4 Å². The molecule has 0 atom stereocenters. The summed E-state index contributed by atoms with van der Waals surface area (Å²) in [7, 11) is 0. The van der Waals surface area contributed by atoms with Gasteiger partial charge in [0.25, 0.3) is 0 Å². The predicted octanol–water partition coefficient (Wildman–Crippen LogP) is 1.14. The molecule has 0 saturated heterocycles. The van der Waals surface area contributed by atoms with E-state index in [4.69, 9.17) is 5.73 Å². The van der Waals surface area contributed by atoms with E-state index in [2.05, 4.69) is 22.0 Å². The van der Waals surface area contributed by atoms with Gasteiger partial charge >= 0.3 is 0 Å². The van der Waals surface area contributed by atoms with Crippen molar-refractivity contribution in [2.24, 2.45) is 0 Å². The summed E-state index contributed by atoms with van der Waals surface area (Å²) in [6.45, 7) is 3.25. The standard InChI is InChI=1S/C9H13N3S/c10-9-11-8(7-13-9)3-6-12-4-1-2-5-12/h1-2,7H,3-6H2,(H2,10,11). The molecule has 13 heavy (non-hydrogen) atoms. The normalized spacial score (nSPS) is 16.9. The van der Waals surface area contributed by atoms with Crippen LogP contribution in [0.2, 0.25) is 0 Å². The number of rotatable bonds is 3. The fraction of sp³-hybridized carbons (Fsp3) is 0.444. The minimum atomic E-state index is 0.676. The monoisotopic (exact) mass is 195 g/mol. The van der Waals surface area contributed by atoms with Crippen LogP contribution in [-0.4, -0.2) is 29.5 Å². The fourth-order valence-electron chi connectivity index (χ4n) is 1.41. The zero-order valence-corrected chi connectivity index (χ0v) is 8.26. The molecular weight excluding hydrogens is 182 g/mol. The molecule has 0 aromatic carbocycles. The van der Waals surface area contributed by atoms with E-state index < -0.39 is 0 Å². The van der Waals surface area contributed by atoms with Crippen molar-refractivity contribution in [2.45, 2.75) is 6.42 Å². The SMILES string of the molecule is Nc1nc(CCN2CC=CC2)cs1. The Kier molecular flexibility index (Phi) is 2.61. The number of nitrogen functional groups attached to an aromatic ring is 1. The van der Waals surface area contributed by atoms with E-state index in [0.717, 1.165) is 31.7 Å². The van der Waals surface area contributed by atoms with Gasteiger partial charge in [-0.1, -0.05) is 12.2 Å². The van der Waals surface area contributed by atoms with Gasteiger partial charge in [0.2, 0.25) is 0 Å². The Balaban J connectivity index is 1.79. The first-order chi connectivity index (χ1) is 6.34. The van der Waals surface area contributed by atoms with E-state index in [9.17, 15) is 0 Å². The number of nitrogens with two attached hydrogens (primary N) is 1. The van der Waals surface area contributed by atoms with E-state index in [0.29, 0.717) is 5.13 Å². The van der Waals surface area contributed by atoms with Gasteiger partial charge in [0, 0.05) is 31.4 Å². The van der Waals surface area contributed by atoms with Crippen LogP contribution in [0.1, 0.15) is 5.69 Å². The third kappa shape index (κ3) is 2.29. The number of anilines is 1. The highest BCUT2D eigenvalue weighted by Crippen LogP contribution is 2.12. The molecule has 0 fully saturated rings. The van der Waals surface area contributed by atoms with Gasteiger partial charge < -0.3 is 5.73 Å². The number of aromatic nitrogens is 1. The second kappa shape index (κ2) is 3.89. The molecule has 0 unspecified atom stereocenters. The summed E-state index contributed by atoms with van der Waals surface area (Å²) in [4.78, 5) is 6.61. The lowest BCUT2D eigenvalue weighted by Gasteiger charge is -2.12. The molecule has 0 amide bonds. The highest BCUT2D eigenvalue weighted by molar-refractivity contribution is 7.13. The quantitative estimate of drug-likeness (QED) is 0.735. The van der Waals surface area contributed by atoms with Gasteiger partial charge in [0.05, 0.1) is 5.69 Å². The van der Waals surface area contributed by atoms with Gasteiger partial charge in [-0.3, -0.25) is 4.90 Å². The van der Waals surface area contributed by atoms with Crippen LogP contribution < -0.4 is 5.73 Å². The molecule has 1 aromatic rings. The van der Waals surface area contributed by atoms with E-state index in [1.54, 1.807) is 0 Å². The summed E-state index contributed by atoms with van der Waals surface area (Å²) >= 11 is 1.52. The molecule has 4 heteroatoms. The van der Waals surface area contributed by atoms with Crippen LogP contribution >= 0.6 is 11.3 Å². The maximum Gasteiger partial charge on any atom is 0.180 e. The van der Waals surface area contributed by atoms with Crippen molar-refractivity contribution in [1.82, 2.24) is 9.88 Å². The number of hydrogen-bond donors (Lipinski definition) is 1. The summed E-state index contributed by atoms with van der Waals surface area (Å²) in [5.74, 6) is 0. The molecule has 2 heterocycles. The number of hydrogen-bond acceptors (Lipinski definition) is 4. The maximum absolute atomic E-state index is 5.54. The lowest BCUT2D eigenvalue weighted by Crippen LogP contribution is -2.22. The lowest BCUT2D eigenvalue weighted by molar-refractivity contribution is 0.356. The maximum atomic E-state index is 5.54. The zero-order valence-electron chi connectivity index (χ0n) is 7.44. The number of nitrogens with zero attached hydrogens (tertiary/aromatic N) is 2. The van der Waals surface area contributed by atoms with Crippen LogP contribution in [-0.2, 0) is 6.42 Å². The Hall–Kier alpha value is -0.870. The van der Waals surface area contributed by atoms with Crippen molar-refractivity contribution < 1.29 is 0 Å². The van der Waals surface area contributed by atoms with Crippen molar-refractivity contribution in [3.8, 4) is 0 Å². The highest BCUT2D eigenvalue weighted by atomic mass is 32.1.